The van der Waals surface area contributed by atoms with Gasteiger partial charge in [-0.15, -0.1) is 0 Å². The summed E-state index contributed by atoms with van der Waals surface area (Å²) in [5.74, 6) is 0.469. The Hall–Kier alpha value is -3.28. The Labute approximate surface area is 182 Å². The van der Waals surface area contributed by atoms with E-state index >= 15 is 0 Å². The number of fused-ring (bicyclic) bond motifs is 1. The van der Waals surface area contributed by atoms with E-state index in [-0.39, 0.29) is 11.8 Å². The SMILES string of the molecule is COc1ccc2c(c1)c(C(=O)Nc1ccc(NC(C)=O)cc1)c(C)n2C1CCCCC1. The molecule has 0 aliphatic heterocycles. The minimum atomic E-state index is -0.141. The van der Waals surface area contributed by atoms with E-state index in [4.69, 9.17) is 4.74 Å². The zero-order chi connectivity index (χ0) is 22.0. The molecule has 0 bridgehead atoms. The molecule has 0 radical (unpaired) electrons. The van der Waals surface area contributed by atoms with E-state index in [9.17, 15) is 9.59 Å². The molecule has 2 amide bonds. The van der Waals surface area contributed by atoms with Crippen molar-refractivity contribution in [3.05, 3.63) is 53.7 Å². The van der Waals surface area contributed by atoms with Crippen LogP contribution < -0.4 is 15.4 Å². The molecule has 0 unspecified atom stereocenters. The van der Waals surface area contributed by atoms with Gasteiger partial charge >= 0.3 is 0 Å². The van der Waals surface area contributed by atoms with Crippen molar-refractivity contribution in [1.29, 1.82) is 0 Å². The summed E-state index contributed by atoms with van der Waals surface area (Å²) >= 11 is 0. The quantitative estimate of drug-likeness (QED) is 0.559. The van der Waals surface area contributed by atoms with Gasteiger partial charge in [0, 0.05) is 40.9 Å². The number of carbonyl (C=O) groups is 2. The summed E-state index contributed by atoms with van der Waals surface area (Å²) in [7, 11) is 1.64. The van der Waals surface area contributed by atoms with Crippen LogP contribution in [0.2, 0.25) is 0 Å². The van der Waals surface area contributed by atoms with Crippen molar-refractivity contribution in [1.82, 2.24) is 4.57 Å². The summed E-state index contributed by atoms with van der Waals surface area (Å²) in [5.41, 5.74) is 4.13. The van der Waals surface area contributed by atoms with Crippen LogP contribution in [0.1, 0.15) is 61.1 Å². The average Bonchev–Trinajstić information content (AvgIpc) is 3.06. The van der Waals surface area contributed by atoms with Gasteiger partial charge in [-0.05, 0) is 62.2 Å². The Kier molecular flexibility index (Phi) is 5.98. The summed E-state index contributed by atoms with van der Waals surface area (Å²) < 4.78 is 7.79. The second kappa shape index (κ2) is 8.84. The lowest BCUT2D eigenvalue weighted by molar-refractivity contribution is -0.114. The third-order valence-electron chi connectivity index (χ3n) is 6.09. The fourth-order valence-electron chi connectivity index (χ4n) is 4.68. The fraction of sp³-hybridized carbons (Fsp3) is 0.360. The van der Waals surface area contributed by atoms with Crippen LogP contribution in [0.3, 0.4) is 0 Å². The lowest BCUT2D eigenvalue weighted by Gasteiger charge is -2.26. The van der Waals surface area contributed by atoms with Crippen molar-refractivity contribution >= 4 is 34.1 Å². The van der Waals surface area contributed by atoms with Gasteiger partial charge in [0.15, 0.2) is 0 Å². The fourth-order valence-corrected chi connectivity index (χ4v) is 4.68. The summed E-state index contributed by atoms with van der Waals surface area (Å²) in [6, 6.07) is 13.5. The maximum Gasteiger partial charge on any atom is 0.258 e. The highest BCUT2D eigenvalue weighted by molar-refractivity contribution is 6.14. The van der Waals surface area contributed by atoms with Gasteiger partial charge < -0.3 is 19.9 Å². The van der Waals surface area contributed by atoms with Crippen LogP contribution in [-0.4, -0.2) is 23.5 Å². The number of nitrogens with zero attached hydrogens (tertiary/aromatic N) is 1. The summed E-state index contributed by atoms with van der Waals surface area (Å²) in [5, 5.41) is 6.67. The number of benzene rings is 2. The summed E-state index contributed by atoms with van der Waals surface area (Å²) in [6.45, 7) is 3.50. The number of hydrogen-bond acceptors (Lipinski definition) is 3. The van der Waals surface area contributed by atoms with Crippen molar-refractivity contribution in [2.24, 2.45) is 0 Å². The molecule has 2 N–H and O–H groups in total. The second-order valence-electron chi connectivity index (χ2n) is 8.22. The number of anilines is 2. The molecule has 1 aliphatic rings. The highest BCUT2D eigenvalue weighted by Gasteiger charge is 2.25. The smallest absolute Gasteiger partial charge is 0.258 e. The standard InChI is InChI=1S/C25H29N3O3/c1-16-24(25(30)27-19-11-9-18(10-12-19)26-17(2)29)22-15-21(31-3)13-14-23(22)28(16)20-7-5-4-6-8-20/h9-15,20H,4-8H2,1-3H3,(H,26,29)(H,27,30). The Bertz CT molecular complexity index is 1110. The van der Waals surface area contributed by atoms with Crippen molar-refractivity contribution < 1.29 is 14.3 Å². The van der Waals surface area contributed by atoms with E-state index in [0.717, 1.165) is 35.2 Å². The lowest BCUT2D eigenvalue weighted by atomic mass is 9.95. The summed E-state index contributed by atoms with van der Waals surface area (Å²) in [6.07, 6.45) is 6.01. The molecule has 1 aromatic heterocycles. The number of aromatic nitrogens is 1. The Balaban J connectivity index is 1.70. The largest absolute Gasteiger partial charge is 0.497 e. The topological polar surface area (TPSA) is 72.4 Å². The molecule has 1 fully saturated rings. The zero-order valence-corrected chi connectivity index (χ0v) is 18.3. The highest BCUT2D eigenvalue weighted by Crippen LogP contribution is 2.37. The first-order chi connectivity index (χ1) is 15.0. The Morgan fingerprint density at radius 1 is 0.968 bits per heavy atom. The molecule has 2 aromatic carbocycles. The van der Waals surface area contributed by atoms with Gasteiger partial charge in [-0.2, -0.15) is 0 Å². The van der Waals surface area contributed by atoms with Gasteiger partial charge in [-0.25, -0.2) is 0 Å². The number of carbonyl (C=O) groups excluding carboxylic acids is 2. The van der Waals surface area contributed by atoms with Crippen LogP contribution in [0, 0.1) is 6.92 Å². The van der Waals surface area contributed by atoms with E-state index in [1.165, 1.54) is 26.2 Å². The predicted octanol–water partition coefficient (Wildman–Crippen LogP) is 5.67. The third kappa shape index (κ3) is 4.29. The number of methoxy groups -OCH3 is 1. The molecule has 0 spiro atoms. The van der Waals surface area contributed by atoms with Crippen LogP contribution in [0.25, 0.3) is 10.9 Å². The van der Waals surface area contributed by atoms with Crippen LogP contribution in [-0.2, 0) is 4.79 Å². The zero-order valence-electron chi connectivity index (χ0n) is 18.3. The van der Waals surface area contributed by atoms with Crippen molar-refractivity contribution in [3.63, 3.8) is 0 Å². The molecule has 31 heavy (non-hydrogen) atoms. The van der Waals surface area contributed by atoms with Crippen molar-refractivity contribution in [2.75, 3.05) is 17.7 Å². The molecule has 3 aromatic rings. The van der Waals surface area contributed by atoms with E-state index in [1.54, 1.807) is 31.4 Å². The van der Waals surface area contributed by atoms with Crippen molar-refractivity contribution in [3.8, 4) is 5.75 Å². The average molecular weight is 420 g/mol. The maximum absolute atomic E-state index is 13.4. The van der Waals surface area contributed by atoms with Gasteiger partial charge in [-0.1, -0.05) is 19.3 Å². The Morgan fingerprint density at radius 3 is 2.23 bits per heavy atom. The van der Waals surface area contributed by atoms with Crippen LogP contribution >= 0.6 is 0 Å². The molecular formula is C25H29N3O3. The number of nitrogens with one attached hydrogen (secondary N) is 2. The lowest BCUT2D eigenvalue weighted by Crippen LogP contribution is -2.16. The van der Waals surface area contributed by atoms with Crippen LogP contribution in [0.5, 0.6) is 5.75 Å². The summed E-state index contributed by atoms with van der Waals surface area (Å²) in [4.78, 5) is 24.6. The van der Waals surface area contributed by atoms with Gasteiger partial charge in [-0.3, -0.25) is 9.59 Å². The third-order valence-corrected chi connectivity index (χ3v) is 6.09. The Morgan fingerprint density at radius 2 is 1.61 bits per heavy atom. The van der Waals surface area contributed by atoms with Crippen LogP contribution in [0.4, 0.5) is 11.4 Å². The molecule has 1 saturated carbocycles. The number of amides is 2. The predicted molar refractivity (Wildman–Crippen MR) is 124 cm³/mol. The molecule has 0 saturated heterocycles. The minimum absolute atomic E-state index is 0.128. The first kappa shape index (κ1) is 21.0. The molecule has 0 atom stereocenters. The number of ether oxygens (including phenoxy) is 1. The highest BCUT2D eigenvalue weighted by atomic mass is 16.5. The molecule has 6 heteroatoms. The minimum Gasteiger partial charge on any atom is -0.497 e. The number of hydrogen-bond donors (Lipinski definition) is 2. The first-order valence-corrected chi connectivity index (χ1v) is 10.9. The molecular weight excluding hydrogens is 390 g/mol. The van der Waals surface area contributed by atoms with E-state index < -0.39 is 0 Å². The van der Waals surface area contributed by atoms with E-state index in [0.29, 0.717) is 23.0 Å². The van der Waals surface area contributed by atoms with Gasteiger partial charge in [0.25, 0.3) is 5.91 Å². The molecule has 1 aliphatic carbocycles. The molecule has 1 heterocycles. The maximum atomic E-state index is 13.4. The van der Waals surface area contributed by atoms with Crippen molar-refractivity contribution in [2.45, 2.75) is 52.0 Å². The van der Waals surface area contributed by atoms with Gasteiger partial charge in [0.1, 0.15) is 5.75 Å². The first-order valence-electron chi connectivity index (χ1n) is 10.9. The van der Waals surface area contributed by atoms with E-state index in [2.05, 4.69) is 21.3 Å². The van der Waals surface area contributed by atoms with Gasteiger partial charge in [0.2, 0.25) is 5.91 Å². The van der Waals surface area contributed by atoms with E-state index in [1.807, 2.05) is 19.1 Å². The normalized spacial score (nSPS) is 14.4. The number of rotatable bonds is 5. The van der Waals surface area contributed by atoms with Crippen LogP contribution in [0.15, 0.2) is 42.5 Å². The molecule has 4 rings (SSSR count). The molecule has 6 nitrogen and oxygen atoms in total. The monoisotopic (exact) mass is 419 g/mol. The molecule has 162 valence electrons. The van der Waals surface area contributed by atoms with Gasteiger partial charge in [0.05, 0.1) is 12.7 Å². The second-order valence-corrected chi connectivity index (χ2v) is 8.22.